The van der Waals surface area contributed by atoms with E-state index in [4.69, 9.17) is 5.11 Å². The number of likely N-dealkylation sites (N-methyl/N-ethyl adjacent to an activating group) is 1. The highest BCUT2D eigenvalue weighted by Gasteiger charge is 2.14. The Labute approximate surface area is 82.1 Å². The molecule has 0 radical (unpaired) electrons. The quantitative estimate of drug-likeness (QED) is 0.681. The van der Waals surface area contributed by atoms with Crippen molar-refractivity contribution in [3.05, 3.63) is 12.4 Å². The molecule has 1 atom stereocenters. The molecule has 1 amide bonds. The number of hydrogen-bond donors (Lipinski definition) is 1. The van der Waals surface area contributed by atoms with Crippen molar-refractivity contribution in [1.82, 2.24) is 19.9 Å². The van der Waals surface area contributed by atoms with Crippen molar-refractivity contribution in [2.45, 2.75) is 19.5 Å². The molecule has 78 valence electrons. The van der Waals surface area contributed by atoms with Gasteiger partial charge in [0.25, 0.3) is 0 Å². The van der Waals surface area contributed by atoms with E-state index in [1.807, 2.05) is 0 Å². The highest BCUT2D eigenvalue weighted by molar-refractivity contribution is 5.75. The van der Waals surface area contributed by atoms with Crippen LogP contribution in [0.2, 0.25) is 0 Å². The summed E-state index contributed by atoms with van der Waals surface area (Å²) >= 11 is 0. The third-order valence-electron chi connectivity index (χ3n) is 2.09. The van der Waals surface area contributed by atoms with E-state index < -0.39 is 0 Å². The fourth-order valence-corrected chi connectivity index (χ4v) is 0.935. The molecule has 0 saturated heterocycles. The molecule has 6 nitrogen and oxygen atoms in total. The Kier molecular flexibility index (Phi) is 3.58. The Morgan fingerprint density at radius 1 is 1.71 bits per heavy atom. The number of amides is 1. The van der Waals surface area contributed by atoms with Crippen molar-refractivity contribution in [1.29, 1.82) is 0 Å². The fraction of sp³-hybridized carbons (Fsp3) is 0.625. The van der Waals surface area contributed by atoms with Crippen molar-refractivity contribution in [3.8, 4) is 0 Å². The van der Waals surface area contributed by atoms with E-state index in [0.717, 1.165) is 0 Å². The molecular weight excluding hydrogens is 184 g/mol. The van der Waals surface area contributed by atoms with E-state index in [9.17, 15) is 4.79 Å². The van der Waals surface area contributed by atoms with E-state index in [-0.39, 0.29) is 25.1 Å². The van der Waals surface area contributed by atoms with Gasteiger partial charge in [0, 0.05) is 13.2 Å². The molecule has 1 aromatic heterocycles. The molecule has 0 bridgehead atoms. The lowest BCUT2D eigenvalue weighted by Crippen LogP contribution is -2.39. The first kappa shape index (κ1) is 10.6. The molecule has 0 aliphatic rings. The number of aliphatic hydroxyl groups excluding tert-OH is 1. The standard InChI is InChI=1S/C8H14N4O2/c1-7(6-13)11(2)8(14)5-12-4-3-9-10-12/h3-4,7,13H,5-6H2,1-2H3. The zero-order valence-corrected chi connectivity index (χ0v) is 8.29. The molecule has 1 N–H and O–H groups in total. The molecule has 1 rings (SSSR count). The monoisotopic (exact) mass is 198 g/mol. The maximum absolute atomic E-state index is 11.5. The molecule has 14 heavy (non-hydrogen) atoms. The molecule has 0 saturated carbocycles. The molecule has 0 aliphatic carbocycles. The van der Waals surface area contributed by atoms with Gasteiger partial charge in [0.2, 0.25) is 5.91 Å². The van der Waals surface area contributed by atoms with E-state index in [1.54, 1.807) is 20.2 Å². The SMILES string of the molecule is CC(CO)N(C)C(=O)Cn1ccnn1. The molecule has 6 heteroatoms. The lowest BCUT2D eigenvalue weighted by atomic mass is 10.3. The minimum absolute atomic E-state index is 0.0421. The van der Waals surface area contributed by atoms with E-state index >= 15 is 0 Å². The Balaban J connectivity index is 2.50. The third kappa shape index (κ3) is 2.53. The predicted molar refractivity (Wildman–Crippen MR) is 49.3 cm³/mol. The summed E-state index contributed by atoms with van der Waals surface area (Å²) in [6, 6.07) is -0.175. The summed E-state index contributed by atoms with van der Waals surface area (Å²) in [5.41, 5.74) is 0. The largest absolute Gasteiger partial charge is 0.394 e. The number of hydrogen-bond acceptors (Lipinski definition) is 4. The van der Waals surface area contributed by atoms with Gasteiger partial charge in [0.1, 0.15) is 6.54 Å². The summed E-state index contributed by atoms with van der Waals surface area (Å²) in [5.74, 6) is -0.1000. The van der Waals surface area contributed by atoms with Gasteiger partial charge in [-0.2, -0.15) is 0 Å². The molecule has 1 heterocycles. The maximum Gasteiger partial charge on any atom is 0.244 e. The van der Waals surface area contributed by atoms with E-state index in [1.165, 1.54) is 15.8 Å². The Morgan fingerprint density at radius 3 is 2.93 bits per heavy atom. The second-order valence-corrected chi connectivity index (χ2v) is 3.14. The van der Waals surface area contributed by atoms with Crippen LogP contribution in [0.25, 0.3) is 0 Å². The average Bonchev–Trinajstić information content (AvgIpc) is 2.68. The summed E-state index contributed by atoms with van der Waals surface area (Å²) in [7, 11) is 1.65. The van der Waals surface area contributed by atoms with E-state index in [2.05, 4.69) is 10.3 Å². The third-order valence-corrected chi connectivity index (χ3v) is 2.09. The lowest BCUT2D eigenvalue weighted by molar-refractivity contribution is -0.133. The van der Waals surface area contributed by atoms with Gasteiger partial charge >= 0.3 is 0 Å². The summed E-state index contributed by atoms with van der Waals surface area (Å²) in [6.07, 6.45) is 3.14. The van der Waals surface area contributed by atoms with Crippen LogP contribution >= 0.6 is 0 Å². The van der Waals surface area contributed by atoms with Crippen LogP contribution in [0.5, 0.6) is 0 Å². The van der Waals surface area contributed by atoms with Gasteiger partial charge in [-0.05, 0) is 6.92 Å². The number of aromatic nitrogens is 3. The first-order chi connectivity index (χ1) is 6.65. The van der Waals surface area contributed by atoms with E-state index in [0.29, 0.717) is 0 Å². The number of rotatable bonds is 4. The number of aliphatic hydroxyl groups is 1. The second kappa shape index (κ2) is 4.71. The number of carbonyl (C=O) groups is 1. The lowest BCUT2D eigenvalue weighted by Gasteiger charge is -2.22. The molecule has 0 aromatic carbocycles. The number of nitrogens with zero attached hydrogens (tertiary/aromatic N) is 4. The Bertz CT molecular complexity index is 286. The Morgan fingerprint density at radius 2 is 2.43 bits per heavy atom. The molecule has 1 aromatic rings. The minimum Gasteiger partial charge on any atom is -0.394 e. The van der Waals surface area contributed by atoms with Crippen LogP contribution in [0.15, 0.2) is 12.4 Å². The van der Waals surface area contributed by atoms with Crippen LogP contribution in [-0.2, 0) is 11.3 Å². The van der Waals surface area contributed by atoms with Crippen LogP contribution in [0.3, 0.4) is 0 Å². The van der Waals surface area contributed by atoms with Crippen molar-refractivity contribution < 1.29 is 9.90 Å². The van der Waals surface area contributed by atoms with Gasteiger partial charge in [-0.25, -0.2) is 4.68 Å². The Hall–Kier alpha value is -1.43. The summed E-state index contributed by atoms with van der Waals surface area (Å²) in [5, 5.41) is 16.1. The summed E-state index contributed by atoms with van der Waals surface area (Å²) < 4.78 is 1.45. The van der Waals surface area contributed by atoms with Gasteiger partial charge < -0.3 is 10.0 Å². The first-order valence-electron chi connectivity index (χ1n) is 4.35. The molecular formula is C8H14N4O2. The van der Waals surface area contributed by atoms with Gasteiger partial charge in [-0.1, -0.05) is 5.21 Å². The van der Waals surface area contributed by atoms with Crippen LogP contribution in [0.4, 0.5) is 0 Å². The van der Waals surface area contributed by atoms with Crippen LogP contribution in [0.1, 0.15) is 6.92 Å². The maximum atomic E-state index is 11.5. The topological polar surface area (TPSA) is 71.2 Å². The smallest absolute Gasteiger partial charge is 0.244 e. The zero-order chi connectivity index (χ0) is 10.6. The number of carbonyl (C=O) groups excluding carboxylic acids is 1. The second-order valence-electron chi connectivity index (χ2n) is 3.14. The fourth-order valence-electron chi connectivity index (χ4n) is 0.935. The first-order valence-corrected chi connectivity index (χ1v) is 4.35. The predicted octanol–water partition coefficient (Wildman–Crippen LogP) is -0.883. The summed E-state index contributed by atoms with van der Waals surface area (Å²) in [6.45, 7) is 1.89. The zero-order valence-electron chi connectivity index (χ0n) is 8.29. The molecule has 0 spiro atoms. The molecule has 1 unspecified atom stereocenters. The van der Waals surface area contributed by atoms with Crippen LogP contribution in [0, 0.1) is 0 Å². The highest BCUT2D eigenvalue weighted by atomic mass is 16.3. The van der Waals surface area contributed by atoms with Crippen LogP contribution < -0.4 is 0 Å². The average molecular weight is 198 g/mol. The van der Waals surface area contributed by atoms with Crippen molar-refractivity contribution >= 4 is 5.91 Å². The van der Waals surface area contributed by atoms with Crippen LogP contribution in [-0.4, -0.2) is 50.6 Å². The summed E-state index contributed by atoms with van der Waals surface area (Å²) in [4.78, 5) is 13.0. The molecule has 0 fully saturated rings. The van der Waals surface area contributed by atoms with Gasteiger partial charge in [0.05, 0.1) is 18.8 Å². The van der Waals surface area contributed by atoms with Crippen molar-refractivity contribution in [2.75, 3.05) is 13.7 Å². The van der Waals surface area contributed by atoms with Gasteiger partial charge in [-0.15, -0.1) is 5.10 Å². The van der Waals surface area contributed by atoms with Crippen molar-refractivity contribution in [2.24, 2.45) is 0 Å². The van der Waals surface area contributed by atoms with Gasteiger partial charge in [-0.3, -0.25) is 4.79 Å². The molecule has 0 aliphatic heterocycles. The van der Waals surface area contributed by atoms with Crippen molar-refractivity contribution in [3.63, 3.8) is 0 Å². The van der Waals surface area contributed by atoms with Gasteiger partial charge in [0.15, 0.2) is 0 Å². The minimum atomic E-state index is -0.175. The highest BCUT2D eigenvalue weighted by Crippen LogP contribution is 1.96. The normalized spacial score (nSPS) is 12.5.